The number of halogens is 1. The molecule has 3 amide bonds. The van der Waals surface area contributed by atoms with Crippen LogP contribution in [0.4, 0.5) is 11.4 Å². The second-order valence-electron chi connectivity index (χ2n) is 10.6. The molecule has 3 aliphatic carbocycles. The van der Waals surface area contributed by atoms with Crippen molar-refractivity contribution in [2.45, 2.75) is 11.3 Å². The first-order chi connectivity index (χ1) is 20.8. The lowest BCUT2D eigenvalue weighted by atomic mass is 9.47. The molecule has 4 aromatic rings. The number of hydrazone groups is 1. The molecule has 2 atom stereocenters. The number of nitrogens with one attached hydrogen (secondary N) is 1. The highest BCUT2D eigenvalue weighted by atomic mass is 79.9. The first-order valence-electron chi connectivity index (χ1n) is 13.4. The van der Waals surface area contributed by atoms with Crippen LogP contribution in [0.25, 0.3) is 0 Å². The van der Waals surface area contributed by atoms with Crippen molar-refractivity contribution in [2.24, 2.45) is 16.9 Å². The molecule has 0 unspecified atom stereocenters. The van der Waals surface area contributed by atoms with Gasteiger partial charge in [-0.25, -0.2) is 10.3 Å². The van der Waals surface area contributed by atoms with E-state index in [0.29, 0.717) is 4.47 Å². The summed E-state index contributed by atoms with van der Waals surface area (Å²) in [4.78, 5) is 54.0. The number of para-hydroxylation sites is 2. The zero-order valence-corrected chi connectivity index (χ0v) is 23.8. The van der Waals surface area contributed by atoms with Crippen LogP contribution in [0.15, 0.2) is 101 Å². The van der Waals surface area contributed by atoms with Gasteiger partial charge in [-0.2, -0.15) is 5.10 Å². The van der Waals surface area contributed by atoms with Gasteiger partial charge in [0.1, 0.15) is 11.4 Å². The van der Waals surface area contributed by atoms with E-state index >= 15 is 0 Å². The van der Waals surface area contributed by atoms with Crippen LogP contribution < -0.4 is 10.3 Å². The summed E-state index contributed by atoms with van der Waals surface area (Å²) >= 11 is 3.29. The number of anilines is 1. The molecule has 43 heavy (non-hydrogen) atoms. The number of nitrogens with zero attached hydrogens (tertiary/aromatic N) is 3. The van der Waals surface area contributed by atoms with Crippen molar-refractivity contribution in [1.82, 2.24) is 5.43 Å². The lowest BCUT2D eigenvalue weighted by Crippen LogP contribution is -2.54. The third-order valence-electron chi connectivity index (χ3n) is 8.64. The Labute approximate surface area is 252 Å². The average Bonchev–Trinajstić information content (AvgIpc) is 3.28. The smallest absolute Gasteiger partial charge is 0.293 e. The van der Waals surface area contributed by atoms with Crippen LogP contribution in [-0.2, 0) is 15.0 Å². The SMILES string of the molecule is O=C(N/N=C\C12c3ccccc3C(c3ccccc31)[C@H]1C(=O)N(c3ccccc3[N+](=O)[O-])C(=O)[C@@H]12)c1cc(Br)ccc1O. The zero-order chi connectivity index (χ0) is 30.0. The van der Waals surface area contributed by atoms with Gasteiger partial charge >= 0.3 is 0 Å². The molecule has 1 fully saturated rings. The molecule has 212 valence electrons. The molecule has 0 spiro atoms. The molecule has 1 heterocycles. The minimum Gasteiger partial charge on any atom is -0.507 e. The summed E-state index contributed by atoms with van der Waals surface area (Å²) in [6.45, 7) is 0. The second-order valence-corrected chi connectivity index (χ2v) is 11.6. The van der Waals surface area contributed by atoms with Crippen LogP contribution in [-0.4, -0.2) is 34.0 Å². The van der Waals surface area contributed by atoms with Gasteiger partial charge in [-0.3, -0.25) is 24.5 Å². The van der Waals surface area contributed by atoms with Crippen molar-refractivity contribution in [3.8, 4) is 5.75 Å². The number of aromatic hydroxyl groups is 1. The van der Waals surface area contributed by atoms with Gasteiger partial charge in [-0.15, -0.1) is 0 Å². The molecular weight excluding hydrogens is 616 g/mol. The fourth-order valence-electron chi connectivity index (χ4n) is 7.04. The van der Waals surface area contributed by atoms with Crippen molar-refractivity contribution >= 4 is 51.2 Å². The van der Waals surface area contributed by atoms with E-state index in [4.69, 9.17) is 0 Å². The van der Waals surface area contributed by atoms with E-state index in [1.54, 1.807) is 12.1 Å². The summed E-state index contributed by atoms with van der Waals surface area (Å²) in [5, 5.41) is 26.5. The number of amides is 3. The van der Waals surface area contributed by atoms with Gasteiger partial charge in [-0.05, 0) is 46.5 Å². The van der Waals surface area contributed by atoms with Crippen molar-refractivity contribution in [1.29, 1.82) is 0 Å². The van der Waals surface area contributed by atoms with Crippen LogP contribution in [0.1, 0.15) is 38.5 Å². The third kappa shape index (κ3) is 3.71. The molecular formula is C32H21BrN4O6. The van der Waals surface area contributed by atoms with Gasteiger partial charge in [0.05, 0.1) is 27.7 Å². The standard InChI is InChI=1S/C32H21BrN4O6/c33-17-13-14-25(38)20(15-17)29(39)35-34-16-32-21-9-3-1-7-18(21)26(19-8-2-4-10-22(19)32)27-28(32)31(41)36(30(27)40)23-11-5-6-12-24(23)37(42)43/h1-16,26-28,38H,(H,35,39)/b34-16-/t26?,27-,28-,32?/m1/s1. The zero-order valence-electron chi connectivity index (χ0n) is 22.2. The van der Waals surface area contributed by atoms with Gasteiger partial charge < -0.3 is 5.11 Å². The normalized spacial score (nSPS) is 23.2. The predicted molar refractivity (Wildman–Crippen MR) is 160 cm³/mol. The number of hydrogen-bond acceptors (Lipinski definition) is 7. The quantitative estimate of drug-likeness (QED) is 0.136. The fourth-order valence-corrected chi connectivity index (χ4v) is 7.40. The lowest BCUT2D eigenvalue weighted by molar-refractivity contribution is -0.384. The van der Waals surface area contributed by atoms with Gasteiger partial charge in [0.2, 0.25) is 11.8 Å². The molecule has 8 rings (SSSR count). The van der Waals surface area contributed by atoms with Crippen molar-refractivity contribution in [3.05, 3.63) is 133 Å². The van der Waals surface area contributed by atoms with Crippen LogP contribution in [0, 0.1) is 22.0 Å². The minimum absolute atomic E-state index is 0.00950. The molecule has 1 saturated heterocycles. The van der Waals surface area contributed by atoms with E-state index in [1.165, 1.54) is 36.5 Å². The molecule has 0 saturated carbocycles. The van der Waals surface area contributed by atoms with E-state index in [2.05, 4.69) is 26.5 Å². The Kier molecular flexibility index (Phi) is 6.03. The Balaban J connectivity index is 1.41. The Morgan fingerprint density at radius 1 is 0.953 bits per heavy atom. The Hall–Kier alpha value is -5.16. The summed E-state index contributed by atoms with van der Waals surface area (Å²) in [5.74, 6) is -4.35. The summed E-state index contributed by atoms with van der Waals surface area (Å²) in [6.07, 6.45) is 1.48. The number of imide groups is 1. The number of benzene rings is 4. The third-order valence-corrected chi connectivity index (χ3v) is 9.13. The van der Waals surface area contributed by atoms with Gasteiger partial charge in [-0.1, -0.05) is 76.6 Å². The van der Waals surface area contributed by atoms with E-state index in [-0.39, 0.29) is 22.7 Å². The van der Waals surface area contributed by atoms with Crippen LogP contribution in [0.5, 0.6) is 5.75 Å². The van der Waals surface area contributed by atoms with Gasteiger partial charge in [0.15, 0.2) is 0 Å². The van der Waals surface area contributed by atoms with Crippen molar-refractivity contribution < 1.29 is 24.4 Å². The van der Waals surface area contributed by atoms with E-state index in [1.807, 2.05) is 48.5 Å². The number of carbonyl (C=O) groups excluding carboxylic acids is 3. The molecule has 4 aliphatic rings. The number of phenolic OH excluding ortho intramolecular Hbond substituents is 1. The maximum Gasteiger partial charge on any atom is 0.293 e. The molecule has 11 heteroatoms. The van der Waals surface area contributed by atoms with Crippen LogP contribution in [0.3, 0.4) is 0 Å². The first kappa shape index (κ1) is 26.7. The van der Waals surface area contributed by atoms with E-state index in [0.717, 1.165) is 27.2 Å². The molecule has 0 radical (unpaired) electrons. The summed E-state index contributed by atoms with van der Waals surface area (Å²) < 4.78 is 0.583. The minimum atomic E-state index is -1.29. The molecule has 2 bridgehead atoms. The molecule has 0 aromatic heterocycles. The number of carbonyl (C=O) groups is 3. The molecule has 2 N–H and O–H groups in total. The molecule has 1 aliphatic heterocycles. The van der Waals surface area contributed by atoms with E-state index < -0.39 is 45.8 Å². The highest BCUT2D eigenvalue weighted by Gasteiger charge is 2.68. The molecule has 10 nitrogen and oxygen atoms in total. The Morgan fingerprint density at radius 2 is 1.58 bits per heavy atom. The number of hydrogen-bond donors (Lipinski definition) is 2. The summed E-state index contributed by atoms with van der Waals surface area (Å²) in [5.41, 5.74) is 3.94. The number of nitro benzene ring substituents is 1. The lowest BCUT2D eigenvalue weighted by Gasteiger charge is -2.52. The predicted octanol–water partition coefficient (Wildman–Crippen LogP) is 5.03. The van der Waals surface area contributed by atoms with Gasteiger partial charge in [0, 0.05) is 22.7 Å². The molecule has 4 aromatic carbocycles. The Morgan fingerprint density at radius 3 is 2.26 bits per heavy atom. The maximum absolute atomic E-state index is 14.4. The fraction of sp³-hybridized carbons (Fsp3) is 0.125. The number of rotatable bonds is 5. The monoisotopic (exact) mass is 636 g/mol. The van der Waals surface area contributed by atoms with Crippen molar-refractivity contribution in [2.75, 3.05) is 4.90 Å². The highest BCUT2D eigenvalue weighted by Crippen LogP contribution is 2.63. The summed E-state index contributed by atoms with van der Waals surface area (Å²) in [7, 11) is 0. The van der Waals surface area contributed by atoms with Gasteiger partial charge in [0.25, 0.3) is 11.6 Å². The topological polar surface area (TPSA) is 142 Å². The highest BCUT2D eigenvalue weighted by molar-refractivity contribution is 9.10. The maximum atomic E-state index is 14.4. The first-order valence-corrected chi connectivity index (χ1v) is 14.2. The Bertz CT molecular complexity index is 1880. The number of phenols is 1. The van der Waals surface area contributed by atoms with Crippen LogP contribution >= 0.6 is 15.9 Å². The second kappa shape index (κ2) is 9.70. The number of nitro groups is 1. The largest absolute Gasteiger partial charge is 0.507 e. The average molecular weight is 637 g/mol. The van der Waals surface area contributed by atoms with Crippen molar-refractivity contribution in [3.63, 3.8) is 0 Å². The summed E-state index contributed by atoms with van der Waals surface area (Å²) in [6, 6.07) is 25.1. The van der Waals surface area contributed by atoms with E-state index in [9.17, 15) is 29.6 Å². The van der Waals surface area contributed by atoms with Crippen LogP contribution in [0.2, 0.25) is 0 Å².